The van der Waals surface area contributed by atoms with Crippen LogP contribution >= 0.6 is 0 Å². The number of rotatable bonds is 0. The minimum Gasteiger partial charge on any atom is -0.507 e. The molecule has 19 heavy (non-hydrogen) atoms. The first-order chi connectivity index (χ1) is 8.99. The van der Waals surface area contributed by atoms with Crippen molar-refractivity contribution in [3.63, 3.8) is 0 Å². The first-order valence-corrected chi connectivity index (χ1v) is 6.09. The fraction of sp³-hybridized carbons (Fsp3) is 0.286. The van der Waals surface area contributed by atoms with Gasteiger partial charge in [-0.2, -0.15) is 0 Å². The highest BCUT2D eigenvalue weighted by Gasteiger charge is 2.33. The third-order valence-electron chi connectivity index (χ3n) is 3.64. The van der Waals surface area contributed by atoms with Gasteiger partial charge in [-0.15, -0.1) is 0 Å². The van der Waals surface area contributed by atoms with Gasteiger partial charge in [0.15, 0.2) is 5.78 Å². The number of hydrogen-bond acceptors (Lipinski definition) is 4. The van der Waals surface area contributed by atoms with E-state index in [1.54, 1.807) is 13.8 Å². The molecule has 1 aliphatic rings. The summed E-state index contributed by atoms with van der Waals surface area (Å²) in [5.41, 5.74) is 0.363. The number of aromatic hydroxyl groups is 1. The number of hydrogen-bond donors (Lipinski definition) is 2. The summed E-state index contributed by atoms with van der Waals surface area (Å²) in [6, 6.07) is 4.24. The van der Waals surface area contributed by atoms with E-state index in [1.807, 2.05) is 0 Å². The Morgan fingerprint density at radius 3 is 2.74 bits per heavy atom. The Labute approximate surface area is 108 Å². The van der Waals surface area contributed by atoms with E-state index < -0.39 is 0 Å². The van der Waals surface area contributed by atoms with Crippen molar-refractivity contribution in [3.8, 4) is 11.5 Å². The average molecular weight is 259 g/mol. The number of aromatic nitrogens is 1. The maximum Gasteiger partial charge on any atom is 0.248 e. The molecule has 0 bridgehead atoms. The minimum absolute atomic E-state index is 0.0143. The molecule has 5 nitrogen and oxygen atoms in total. The highest BCUT2D eigenvalue weighted by atomic mass is 16.5. The topological polar surface area (TPSA) is 79.4 Å². The minimum atomic E-state index is -0.320. The molecule has 0 radical (unpaired) electrons. The molecule has 0 amide bonds. The predicted molar refractivity (Wildman–Crippen MR) is 69.8 cm³/mol. The van der Waals surface area contributed by atoms with Gasteiger partial charge in [0.1, 0.15) is 17.6 Å². The average Bonchev–Trinajstić information content (AvgIpc) is 2.35. The van der Waals surface area contributed by atoms with Crippen LogP contribution in [-0.4, -0.2) is 22.0 Å². The van der Waals surface area contributed by atoms with Crippen LogP contribution in [0.2, 0.25) is 0 Å². The van der Waals surface area contributed by atoms with Gasteiger partial charge in [-0.05, 0) is 13.0 Å². The van der Waals surface area contributed by atoms with Crippen molar-refractivity contribution < 1.29 is 14.6 Å². The van der Waals surface area contributed by atoms with Gasteiger partial charge in [-0.3, -0.25) is 9.59 Å². The molecule has 0 aliphatic carbocycles. The molecular formula is C14H13NO4. The first-order valence-electron chi connectivity index (χ1n) is 6.09. The number of fused-ring (bicyclic) bond motifs is 3. The molecule has 1 aromatic carbocycles. The van der Waals surface area contributed by atoms with Gasteiger partial charge >= 0.3 is 0 Å². The van der Waals surface area contributed by atoms with E-state index in [0.29, 0.717) is 22.2 Å². The molecular weight excluding hydrogens is 246 g/mol. The lowest BCUT2D eigenvalue weighted by molar-refractivity contribution is 0.0733. The SMILES string of the molecule is C[C@H]1Oc2cc(O)c3ccc(=O)[nH]c3c2C(=O)[C@@H]1C. The summed E-state index contributed by atoms with van der Waals surface area (Å²) < 4.78 is 5.64. The number of H-pyrrole nitrogens is 1. The summed E-state index contributed by atoms with van der Waals surface area (Å²) >= 11 is 0. The third kappa shape index (κ3) is 1.62. The molecule has 0 saturated carbocycles. The van der Waals surface area contributed by atoms with E-state index >= 15 is 0 Å². The lowest BCUT2D eigenvalue weighted by Crippen LogP contribution is -2.34. The molecule has 0 unspecified atom stereocenters. The zero-order valence-electron chi connectivity index (χ0n) is 10.6. The number of carbonyl (C=O) groups is 1. The maximum atomic E-state index is 12.4. The van der Waals surface area contributed by atoms with Gasteiger partial charge in [0.05, 0.1) is 17.0 Å². The van der Waals surface area contributed by atoms with Crippen molar-refractivity contribution >= 4 is 16.7 Å². The van der Waals surface area contributed by atoms with Crippen LogP contribution in [0.4, 0.5) is 0 Å². The van der Waals surface area contributed by atoms with Gasteiger partial charge in [0, 0.05) is 17.5 Å². The molecule has 1 aromatic heterocycles. The van der Waals surface area contributed by atoms with Gasteiger partial charge in [-0.1, -0.05) is 6.92 Å². The van der Waals surface area contributed by atoms with E-state index in [1.165, 1.54) is 18.2 Å². The third-order valence-corrected chi connectivity index (χ3v) is 3.64. The van der Waals surface area contributed by atoms with E-state index in [0.717, 1.165) is 0 Å². The van der Waals surface area contributed by atoms with Gasteiger partial charge in [0.25, 0.3) is 0 Å². The highest BCUT2D eigenvalue weighted by molar-refractivity contribution is 6.12. The highest BCUT2D eigenvalue weighted by Crippen LogP contribution is 2.39. The largest absolute Gasteiger partial charge is 0.507 e. The van der Waals surface area contributed by atoms with Crippen LogP contribution in [0.5, 0.6) is 11.5 Å². The number of ketones is 1. The normalized spacial score (nSPS) is 22.1. The molecule has 0 fully saturated rings. The lowest BCUT2D eigenvalue weighted by Gasteiger charge is -2.28. The number of ether oxygens (including phenoxy) is 1. The Bertz CT molecular complexity index is 747. The number of nitrogens with one attached hydrogen (secondary N) is 1. The molecule has 2 atom stereocenters. The smallest absolute Gasteiger partial charge is 0.248 e. The van der Waals surface area contributed by atoms with E-state index in [2.05, 4.69) is 4.98 Å². The van der Waals surface area contributed by atoms with Crippen molar-refractivity contribution in [1.82, 2.24) is 4.98 Å². The quantitative estimate of drug-likeness (QED) is 0.756. The Hall–Kier alpha value is -2.30. The number of phenols is 1. The summed E-state index contributed by atoms with van der Waals surface area (Å²) in [7, 11) is 0. The Morgan fingerprint density at radius 2 is 2.00 bits per heavy atom. The first kappa shape index (κ1) is 11.8. The Balaban J connectivity index is 2.42. The van der Waals surface area contributed by atoms with Gasteiger partial charge < -0.3 is 14.8 Å². The fourth-order valence-electron chi connectivity index (χ4n) is 2.36. The summed E-state index contributed by atoms with van der Waals surface area (Å²) in [4.78, 5) is 26.4. The monoisotopic (exact) mass is 259 g/mol. The van der Waals surface area contributed by atoms with Crippen LogP contribution in [0.1, 0.15) is 24.2 Å². The maximum absolute atomic E-state index is 12.4. The van der Waals surface area contributed by atoms with Gasteiger partial charge in [-0.25, -0.2) is 0 Å². The number of aromatic amines is 1. The molecule has 2 aromatic rings. The zero-order valence-corrected chi connectivity index (χ0v) is 10.6. The number of Topliss-reactive ketones (excluding diaryl/α,β-unsaturated/α-hetero) is 1. The van der Waals surface area contributed by atoms with Crippen molar-refractivity contribution in [2.24, 2.45) is 5.92 Å². The molecule has 2 heterocycles. The van der Waals surface area contributed by atoms with Crippen LogP contribution in [-0.2, 0) is 0 Å². The zero-order chi connectivity index (χ0) is 13.7. The van der Waals surface area contributed by atoms with Crippen molar-refractivity contribution in [2.75, 3.05) is 0 Å². The van der Waals surface area contributed by atoms with E-state index in [-0.39, 0.29) is 29.1 Å². The second-order valence-electron chi connectivity index (χ2n) is 4.86. The Morgan fingerprint density at radius 1 is 1.26 bits per heavy atom. The van der Waals surface area contributed by atoms with Crippen LogP contribution in [0.3, 0.4) is 0 Å². The second kappa shape index (κ2) is 3.85. The van der Waals surface area contributed by atoms with Crippen LogP contribution in [0, 0.1) is 5.92 Å². The predicted octanol–water partition coefficient (Wildman–Crippen LogP) is 1.83. The number of carbonyl (C=O) groups excluding carboxylic acids is 1. The van der Waals surface area contributed by atoms with Crippen molar-refractivity contribution in [1.29, 1.82) is 0 Å². The molecule has 0 spiro atoms. The summed E-state index contributed by atoms with van der Waals surface area (Å²) in [6.07, 6.45) is -0.257. The number of phenolic OH excluding ortho intramolecular Hbond substituents is 1. The Kier molecular flexibility index (Phi) is 2.38. The van der Waals surface area contributed by atoms with E-state index in [9.17, 15) is 14.7 Å². The molecule has 5 heteroatoms. The molecule has 3 rings (SSSR count). The fourth-order valence-corrected chi connectivity index (χ4v) is 2.36. The molecule has 2 N–H and O–H groups in total. The van der Waals surface area contributed by atoms with E-state index in [4.69, 9.17) is 4.74 Å². The van der Waals surface area contributed by atoms with Gasteiger partial charge in [0.2, 0.25) is 5.56 Å². The van der Waals surface area contributed by atoms with Crippen LogP contribution in [0.25, 0.3) is 10.9 Å². The standard InChI is InChI=1S/C14H13NO4/c1-6-7(2)19-10-5-9(16)8-3-4-11(17)15-13(8)12(10)14(6)18/h3-7,16H,1-2H3,(H,15,17)/t6-,7-/m1/s1. The summed E-state index contributed by atoms with van der Waals surface area (Å²) in [5, 5.41) is 10.4. The number of benzene rings is 1. The number of pyridine rings is 1. The van der Waals surface area contributed by atoms with Crippen molar-refractivity contribution in [2.45, 2.75) is 20.0 Å². The van der Waals surface area contributed by atoms with Crippen molar-refractivity contribution in [3.05, 3.63) is 34.1 Å². The molecule has 0 saturated heterocycles. The van der Waals surface area contributed by atoms with Crippen LogP contribution < -0.4 is 10.3 Å². The molecule has 1 aliphatic heterocycles. The lowest BCUT2D eigenvalue weighted by atomic mass is 9.90. The summed E-state index contributed by atoms with van der Waals surface area (Å²) in [5.74, 6) is -0.0634. The second-order valence-corrected chi connectivity index (χ2v) is 4.86. The van der Waals surface area contributed by atoms with Crippen LogP contribution in [0.15, 0.2) is 23.0 Å². The molecule has 98 valence electrons. The summed E-state index contributed by atoms with van der Waals surface area (Å²) in [6.45, 7) is 3.59.